The molecule has 3 aromatic rings. The summed E-state index contributed by atoms with van der Waals surface area (Å²) in [5.74, 6) is 1.64. The molecule has 0 atom stereocenters. The number of imidazole rings is 1. The Morgan fingerprint density at radius 3 is 2.71 bits per heavy atom. The van der Waals surface area contributed by atoms with Crippen molar-refractivity contribution in [2.75, 3.05) is 26.8 Å². The maximum Gasteiger partial charge on any atom is 0.140 e. The van der Waals surface area contributed by atoms with Crippen molar-refractivity contribution in [3.8, 4) is 5.75 Å². The van der Waals surface area contributed by atoms with E-state index in [1.165, 1.54) is 24.0 Å². The lowest BCUT2D eigenvalue weighted by molar-refractivity contribution is 0.0549. The average Bonchev–Trinajstić information content (AvgIpc) is 3.13. The van der Waals surface area contributed by atoms with Crippen molar-refractivity contribution < 1.29 is 9.47 Å². The first-order chi connectivity index (χ1) is 13.7. The second-order valence-corrected chi connectivity index (χ2v) is 7.84. The fourth-order valence-electron chi connectivity index (χ4n) is 3.87. The van der Waals surface area contributed by atoms with E-state index in [9.17, 15) is 0 Å². The van der Waals surface area contributed by atoms with Crippen LogP contribution < -0.4 is 4.74 Å². The molecular formula is C23H29N3O2. The first kappa shape index (κ1) is 19.0. The quantitative estimate of drug-likeness (QED) is 0.620. The average molecular weight is 380 g/mol. The van der Waals surface area contributed by atoms with E-state index in [0.29, 0.717) is 6.61 Å². The summed E-state index contributed by atoms with van der Waals surface area (Å²) in [5.41, 5.74) is 4.41. The SMILES string of the molecule is Cc1cccn2cc(COc3ccc(CN(C)CC4CCOCC4)cc3)nc12. The molecule has 1 saturated heterocycles. The number of hydrogen-bond acceptors (Lipinski definition) is 4. The van der Waals surface area contributed by atoms with E-state index in [1.54, 1.807) is 0 Å². The van der Waals surface area contributed by atoms with E-state index in [-0.39, 0.29) is 0 Å². The first-order valence-electron chi connectivity index (χ1n) is 10.1. The number of hydrogen-bond donors (Lipinski definition) is 0. The van der Waals surface area contributed by atoms with Crippen molar-refractivity contribution in [2.24, 2.45) is 5.92 Å². The topological polar surface area (TPSA) is 39.0 Å². The van der Waals surface area contributed by atoms with Gasteiger partial charge in [-0.2, -0.15) is 0 Å². The van der Waals surface area contributed by atoms with Gasteiger partial charge >= 0.3 is 0 Å². The van der Waals surface area contributed by atoms with Gasteiger partial charge in [-0.05, 0) is 62.1 Å². The molecule has 5 nitrogen and oxygen atoms in total. The van der Waals surface area contributed by atoms with Gasteiger partial charge < -0.3 is 18.8 Å². The number of ether oxygens (including phenoxy) is 2. The fraction of sp³-hybridized carbons (Fsp3) is 0.435. The maximum absolute atomic E-state index is 5.94. The minimum absolute atomic E-state index is 0.476. The largest absolute Gasteiger partial charge is 0.487 e. The Kier molecular flexibility index (Phi) is 5.93. The number of nitrogens with zero attached hydrogens (tertiary/aromatic N) is 3. The molecule has 2 aromatic heterocycles. The van der Waals surface area contributed by atoms with Crippen LogP contribution in [-0.2, 0) is 17.9 Å². The molecule has 0 N–H and O–H groups in total. The van der Waals surface area contributed by atoms with Gasteiger partial charge in [-0.15, -0.1) is 0 Å². The number of aryl methyl sites for hydroxylation is 1. The van der Waals surface area contributed by atoms with Crippen LogP contribution in [-0.4, -0.2) is 41.1 Å². The van der Waals surface area contributed by atoms with Crippen LogP contribution in [0.15, 0.2) is 48.8 Å². The number of benzene rings is 1. The molecule has 1 fully saturated rings. The van der Waals surface area contributed by atoms with Crippen molar-refractivity contribution in [1.82, 2.24) is 14.3 Å². The first-order valence-corrected chi connectivity index (χ1v) is 10.1. The summed E-state index contributed by atoms with van der Waals surface area (Å²) in [6.07, 6.45) is 6.41. The van der Waals surface area contributed by atoms with Crippen LogP contribution in [0, 0.1) is 12.8 Å². The molecule has 5 heteroatoms. The molecule has 0 bridgehead atoms. The molecule has 0 amide bonds. The lowest BCUT2D eigenvalue weighted by atomic mass is 10.00. The van der Waals surface area contributed by atoms with Gasteiger partial charge in [0.25, 0.3) is 0 Å². The number of rotatable bonds is 7. The summed E-state index contributed by atoms with van der Waals surface area (Å²) >= 11 is 0. The van der Waals surface area contributed by atoms with Crippen LogP contribution in [0.4, 0.5) is 0 Å². The van der Waals surface area contributed by atoms with E-state index in [2.05, 4.69) is 54.2 Å². The van der Waals surface area contributed by atoms with E-state index in [1.807, 2.05) is 22.9 Å². The third-order valence-electron chi connectivity index (χ3n) is 5.40. The molecule has 0 radical (unpaired) electrons. The second kappa shape index (κ2) is 8.76. The minimum atomic E-state index is 0.476. The second-order valence-electron chi connectivity index (χ2n) is 7.84. The van der Waals surface area contributed by atoms with E-state index < -0.39 is 0 Å². The molecule has 1 aromatic carbocycles. The van der Waals surface area contributed by atoms with E-state index in [0.717, 1.165) is 49.3 Å². The molecule has 0 unspecified atom stereocenters. The Labute approximate surface area is 166 Å². The molecule has 3 heterocycles. The minimum Gasteiger partial charge on any atom is -0.487 e. The summed E-state index contributed by atoms with van der Waals surface area (Å²) in [4.78, 5) is 7.07. The van der Waals surface area contributed by atoms with Gasteiger partial charge in [0.15, 0.2) is 0 Å². The summed E-state index contributed by atoms with van der Waals surface area (Å²) in [7, 11) is 2.20. The number of aromatic nitrogens is 2. The molecule has 0 spiro atoms. The van der Waals surface area contributed by atoms with E-state index in [4.69, 9.17) is 9.47 Å². The van der Waals surface area contributed by atoms with Gasteiger partial charge in [0.2, 0.25) is 0 Å². The lowest BCUT2D eigenvalue weighted by Crippen LogP contribution is -2.29. The fourth-order valence-corrected chi connectivity index (χ4v) is 3.87. The van der Waals surface area contributed by atoms with Crippen molar-refractivity contribution in [3.63, 3.8) is 0 Å². The summed E-state index contributed by atoms with van der Waals surface area (Å²) in [6, 6.07) is 12.5. The molecule has 28 heavy (non-hydrogen) atoms. The van der Waals surface area contributed by atoms with Gasteiger partial charge in [0.05, 0.1) is 5.69 Å². The summed E-state index contributed by atoms with van der Waals surface area (Å²) < 4.78 is 13.4. The molecule has 1 aliphatic heterocycles. The highest BCUT2D eigenvalue weighted by atomic mass is 16.5. The zero-order valence-corrected chi connectivity index (χ0v) is 16.8. The van der Waals surface area contributed by atoms with Crippen LogP contribution in [0.25, 0.3) is 5.65 Å². The summed E-state index contributed by atoms with van der Waals surface area (Å²) in [5, 5.41) is 0. The highest BCUT2D eigenvalue weighted by molar-refractivity contribution is 5.47. The smallest absolute Gasteiger partial charge is 0.140 e. The van der Waals surface area contributed by atoms with Crippen LogP contribution in [0.3, 0.4) is 0 Å². The molecule has 4 rings (SSSR count). The molecular weight excluding hydrogens is 350 g/mol. The monoisotopic (exact) mass is 379 g/mol. The standard InChI is InChI=1S/C23H29N3O2/c1-18-4-3-11-26-16-21(24-23(18)26)17-28-22-7-5-19(6-8-22)14-25(2)15-20-9-12-27-13-10-20/h3-8,11,16,20H,9-10,12-15,17H2,1-2H3. The van der Waals surface area contributed by atoms with Crippen molar-refractivity contribution >= 4 is 5.65 Å². The Hall–Kier alpha value is -2.37. The van der Waals surface area contributed by atoms with Crippen molar-refractivity contribution in [2.45, 2.75) is 32.9 Å². The Bertz CT molecular complexity index is 898. The zero-order valence-electron chi connectivity index (χ0n) is 16.8. The Morgan fingerprint density at radius 1 is 1.18 bits per heavy atom. The van der Waals surface area contributed by atoms with Gasteiger partial charge in [0.1, 0.15) is 18.0 Å². The Morgan fingerprint density at radius 2 is 1.96 bits per heavy atom. The van der Waals surface area contributed by atoms with Crippen LogP contribution in [0.1, 0.15) is 29.7 Å². The normalized spacial score (nSPS) is 15.4. The van der Waals surface area contributed by atoms with Gasteiger partial charge in [-0.25, -0.2) is 4.98 Å². The summed E-state index contributed by atoms with van der Waals surface area (Å²) in [6.45, 7) is 6.47. The van der Waals surface area contributed by atoms with Crippen LogP contribution in [0.5, 0.6) is 5.75 Å². The zero-order chi connectivity index (χ0) is 19.3. The Balaban J connectivity index is 1.29. The van der Waals surface area contributed by atoms with Gasteiger partial charge in [-0.1, -0.05) is 18.2 Å². The third-order valence-corrected chi connectivity index (χ3v) is 5.40. The van der Waals surface area contributed by atoms with Crippen LogP contribution in [0.2, 0.25) is 0 Å². The van der Waals surface area contributed by atoms with E-state index >= 15 is 0 Å². The lowest BCUT2D eigenvalue weighted by Gasteiger charge is -2.27. The predicted molar refractivity (Wildman–Crippen MR) is 111 cm³/mol. The van der Waals surface area contributed by atoms with Gasteiger partial charge in [-0.3, -0.25) is 0 Å². The predicted octanol–water partition coefficient (Wildman–Crippen LogP) is 4.08. The van der Waals surface area contributed by atoms with Crippen LogP contribution >= 0.6 is 0 Å². The maximum atomic E-state index is 5.94. The molecule has 1 aliphatic rings. The number of pyridine rings is 1. The highest BCUT2D eigenvalue weighted by Gasteiger charge is 2.15. The molecule has 0 aliphatic carbocycles. The number of fused-ring (bicyclic) bond motifs is 1. The highest BCUT2D eigenvalue weighted by Crippen LogP contribution is 2.19. The van der Waals surface area contributed by atoms with Crippen molar-refractivity contribution in [3.05, 3.63) is 65.6 Å². The third kappa shape index (κ3) is 4.72. The molecule has 0 saturated carbocycles. The van der Waals surface area contributed by atoms with Crippen molar-refractivity contribution in [1.29, 1.82) is 0 Å². The molecule has 148 valence electrons. The van der Waals surface area contributed by atoms with Gasteiger partial charge in [0, 0.05) is 38.7 Å².